The van der Waals surface area contributed by atoms with Crippen LogP contribution in [0.1, 0.15) is 17.5 Å². The minimum atomic E-state index is -0.489. The van der Waals surface area contributed by atoms with Crippen molar-refractivity contribution in [1.82, 2.24) is 4.98 Å². The third-order valence-corrected chi connectivity index (χ3v) is 6.43. The first-order valence-electron chi connectivity index (χ1n) is 10.1. The van der Waals surface area contributed by atoms with Crippen LogP contribution < -0.4 is 24.4 Å². The molecule has 3 aromatic rings. The number of aryl methyl sites for hydroxylation is 2. The average Bonchev–Trinajstić information content (AvgIpc) is 3.35. The normalized spacial score (nSPS) is 15.8. The van der Waals surface area contributed by atoms with Gasteiger partial charge >= 0.3 is 0 Å². The van der Waals surface area contributed by atoms with E-state index in [1.54, 1.807) is 17.0 Å². The summed E-state index contributed by atoms with van der Waals surface area (Å²) in [5, 5.41) is 3.44. The van der Waals surface area contributed by atoms with Crippen molar-refractivity contribution in [3.05, 3.63) is 35.4 Å². The first kappa shape index (κ1) is 21.9. The molecule has 9 heteroatoms. The van der Waals surface area contributed by atoms with Gasteiger partial charge in [0.1, 0.15) is 0 Å². The lowest BCUT2D eigenvalue weighted by molar-refractivity contribution is -0.122. The lowest BCUT2D eigenvalue weighted by Crippen LogP contribution is -2.28. The van der Waals surface area contributed by atoms with Gasteiger partial charge in [-0.1, -0.05) is 17.4 Å². The number of fused-ring (bicyclic) bond motifs is 1. The zero-order valence-corrected chi connectivity index (χ0v) is 19.5. The maximum Gasteiger partial charge on any atom is 0.231 e. The van der Waals surface area contributed by atoms with Gasteiger partial charge in [-0.2, -0.15) is 0 Å². The molecule has 32 heavy (non-hydrogen) atoms. The van der Waals surface area contributed by atoms with Crippen LogP contribution >= 0.6 is 11.3 Å². The first-order valence-corrected chi connectivity index (χ1v) is 10.9. The standard InChI is InChI=1S/C23H25N3O5S/c1-12-6-13(2)20-18(7-12)32-23(24-20)25-22(28)14-8-19(27)26(11-14)15-9-16(29-3)21(31-5)17(10-15)30-4/h6-7,9-10,14H,8,11H2,1-5H3,(H,24,25,28). The van der Waals surface area contributed by atoms with Gasteiger partial charge in [-0.15, -0.1) is 0 Å². The highest BCUT2D eigenvalue weighted by atomic mass is 32.1. The summed E-state index contributed by atoms with van der Waals surface area (Å²) in [5.41, 5.74) is 3.70. The number of anilines is 2. The molecule has 1 N–H and O–H groups in total. The molecule has 1 atom stereocenters. The van der Waals surface area contributed by atoms with Crippen molar-refractivity contribution < 1.29 is 23.8 Å². The number of aromatic nitrogens is 1. The Balaban J connectivity index is 1.54. The zero-order valence-electron chi connectivity index (χ0n) is 18.6. The van der Waals surface area contributed by atoms with Gasteiger partial charge in [0.25, 0.3) is 0 Å². The highest BCUT2D eigenvalue weighted by Gasteiger charge is 2.36. The Hall–Kier alpha value is -3.33. The topological polar surface area (TPSA) is 90.0 Å². The fourth-order valence-electron chi connectivity index (χ4n) is 3.99. The molecular formula is C23H25N3O5S. The van der Waals surface area contributed by atoms with Crippen LogP contribution in [0.3, 0.4) is 0 Å². The number of benzene rings is 2. The zero-order chi connectivity index (χ0) is 23.0. The van der Waals surface area contributed by atoms with Gasteiger partial charge < -0.3 is 24.4 Å². The first-order chi connectivity index (χ1) is 15.3. The summed E-state index contributed by atoms with van der Waals surface area (Å²) in [6, 6.07) is 7.54. The van der Waals surface area contributed by atoms with Crippen LogP contribution in [0.15, 0.2) is 24.3 Å². The maximum absolute atomic E-state index is 12.9. The maximum atomic E-state index is 12.9. The summed E-state index contributed by atoms with van der Waals surface area (Å²) in [7, 11) is 4.56. The number of amides is 2. The molecule has 1 aliphatic heterocycles. The van der Waals surface area contributed by atoms with E-state index < -0.39 is 5.92 Å². The van der Waals surface area contributed by atoms with Crippen LogP contribution in [0.25, 0.3) is 10.2 Å². The van der Waals surface area contributed by atoms with Crippen LogP contribution in [0, 0.1) is 19.8 Å². The van der Waals surface area contributed by atoms with Gasteiger partial charge in [0.05, 0.1) is 43.2 Å². The fourth-order valence-corrected chi connectivity index (χ4v) is 5.03. The molecule has 1 fully saturated rings. The molecule has 8 nitrogen and oxygen atoms in total. The number of methoxy groups -OCH3 is 3. The van der Waals surface area contributed by atoms with Crippen molar-refractivity contribution in [3.8, 4) is 17.2 Å². The van der Waals surface area contributed by atoms with Gasteiger partial charge in [0, 0.05) is 25.1 Å². The number of carbonyl (C=O) groups excluding carboxylic acids is 2. The number of thiazole rings is 1. The van der Waals surface area contributed by atoms with Crippen molar-refractivity contribution in [2.75, 3.05) is 38.1 Å². The van der Waals surface area contributed by atoms with Crippen molar-refractivity contribution in [2.24, 2.45) is 5.92 Å². The number of ether oxygens (including phenoxy) is 3. The highest BCUT2D eigenvalue weighted by molar-refractivity contribution is 7.22. The molecule has 0 radical (unpaired) electrons. The number of carbonyl (C=O) groups is 2. The number of hydrogen-bond donors (Lipinski definition) is 1. The molecule has 0 bridgehead atoms. The third kappa shape index (κ3) is 3.95. The summed E-state index contributed by atoms with van der Waals surface area (Å²) >= 11 is 1.44. The molecule has 1 saturated heterocycles. The Morgan fingerprint density at radius 1 is 1.09 bits per heavy atom. The molecule has 1 aliphatic rings. The summed E-state index contributed by atoms with van der Waals surface area (Å²) in [4.78, 5) is 31.8. The van der Waals surface area contributed by atoms with Crippen LogP contribution in [-0.4, -0.2) is 44.7 Å². The van der Waals surface area contributed by atoms with E-state index in [0.717, 1.165) is 21.3 Å². The second-order valence-corrected chi connectivity index (χ2v) is 8.76. The predicted molar refractivity (Wildman–Crippen MR) is 124 cm³/mol. The van der Waals surface area contributed by atoms with Crippen LogP contribution in [-0.2, 0) is 9.59 Å². The van der Waals surface area contributed by atoms with Gasteiger partial charge in [0.15, 0.2) is 16.6 Å². The molecule has 168 valence electrons. The molecule has 2 heterocycles. The summed E-state index contributed by atoms with van der Waals surface area (Å²) < 4.78 is 17.1. The van der Waals surface area contributed by atoms with Gasteiger partial charge in [-0.3, -0.25) is 9.59 Å². The van der Waals surface area contributed by atoms with Crippen LogP contribution in [0.5, 0.6) is 17.2 Å². The van der Waals surface area contributed by atoms with E-state index in [1.807, 2.05) is 13.8 Å². The smallest absolute Gasteiger partial charge is 0.231 e. The van der Waals surface area contributed by atoms with Crippen LogP contribution in [0.2, 0.25) is 0 Å². The Labute approximate surface area is 190 Å². The number of nitrogens with zero attached hydrogens (tertiary/aromatic N) is 2. The van der Waals surface area contributed by atoms with Gasteiger partial charge in [-0.25, -0.2) is 4.98 Å². The highest BCUT2D eigenvalue weighted by Crippen LogP contribution is 2.42. The minimum Gasteiger partial charge on any atom is -0.493 e. The molecule has 2 amide bonds. The fraction of sp³-hybridized carbons (Fsp3) is 0.348. The largest absolute Gasteiger partial charge is 0.493 e. The molecule has 1 unspecified atom stereocenters. The average molecular weight is 456 g/mol. The van der Waals surface area contributed by atoms with Gasteiger partial charge in [0.2, 0.25) is 17.6 Å². The monoisotopic (exact) mass is 455 g/mol. The molecule has 0 saturated carbocycles. The second kappa shape index (κ2) is 8.66. The summed E-state index contributed by atoms with van der Waals surface area (Å²) in [6.07, 6.45) is 0.117. The van der Waals surface area contributed by atoms with Crippen molar-refractivity contribution in [1.29, 1.82) is 0 Å². The molecule has 1 aromatic heterocycles. The number of hydrogen-bond acceptors (Lipinski definition) is 7. The SMILES string of the molecule is COc1cc(N2CC(C(=O)Nc3nc4c(C)cc(C)cc4s3)CC2=O)cc(OC)c1OC. The van der Waals surface area contributed by atoms with E-state index in [4.69, 9.17) is 14.2 Å². The Bertz CT molecular complexity index is 1180. The molecule has 4 rings (SSSR count). The van der Waals surface area contributed by atoms with E-state index in [9.17, 15) is 9.59 Å². The summed E-state index contributed by atoms with van der Waals surface area (Å²) in [5.74, 6) is 0.486. The van der Waals surface area contributed by atoms with E-state index in [1.165, 1.54) is 32.7 Å². The Kier molecular flexibility index (Phi) is 5.92. The quantitative estimate of drug-likeness (QED) is 0.606. The molecule has 0 spiro atoms. The number of nitrogens with one attached hydrogen (secondary N) is 1. The minimum absolute atomic E-state index is 0.117. The van der Waals surface area contributed by atoms with E-state index >= 15 is 0 Å². The predicted octanol–water partition coefficient (Wildman–Crippen LogP) is 3.93. The lowest BCUT2D eigenvalue weighted by atomic mass is 10.1. The second-order valence-electron chi connectivity index (χ2n) is 7.73. The molecule has 0 aliphatic carbocycles. The van der Waals surface area contributed by atoms with Crippen LogP contribution in [0.4, 0.5) is 10.8 Å². The van der Waals surface area contributed by atoms with E-state index in [2.05, 4.69) is 22.4 Å². The van der Waals surface area contributed by atoms with Crippen molar-refractivity contribution in [2.45, 2.75) is 20.3 Å². The van der Waals surface area contributed by atoms with Crippen molar-refractivity contribution in [3.63, 3.8) is 0 Å². The Morgan fingerprint density at radius 2 is 1.78 bits per heavy atom. The lowest BCUT2D eigenvalue weighted by Gasteiger charge is -2.20. The third-order valence-electron chi connectivity index (χ3n) is 5.52. The van der Waals surface area contributed by atoms with Crippen molar-refractivity contribution >= 4 is 44.2 Å². The molecule has 2 aromatic carbocycles. The summed E-state index contributed by atoms with van der Waals surface area (Å²) in [6.45, 7) is 4.30. The number of rotatable bonds is 6. The van der Waals surface area contributed by atoms with E-state index in [0.29, 0.717) is 28.1 Å². The van der Waals surface area contributed by atoms with E-state index in [-0.39, 0.29) is 24.8 Å². The molecular weight excluding hydrogens is 430 g/mol. The van der Waals surface area contributed by atoms with Gasteiger partial charge in [-0.05, 0) is 31.0 Å². The Morgan fingerprint density at radius 3 is 2.41 bits per heavy atom.